The molecule has 4 rings (SSSR count). The lowest BCUT2D eigenvalue weighted by molar-refractivity contribution is -0.192. The number of carboxylic acid groups (broad SMARTS) is 1. The molecule has 0 bridgehead atoms. The summed E-state index contributed by atoms with van der Waals surface area (Å²) < 4.78 is 42.2. The number of alkyl carbamates (subject to hydrolysis) is 1. The molecular formula is C24H28F3N5O5S. The first-order valence-electron chi connectivity index (χ1n) is 11.8. The lowest BCUT2D eigenvalue weighted by atomic mass is 9.93. The second kappa shape index (κ2) is 13.2. The number of nitrogens with zero attached hydrogens (tertiary/aromatic N) is 4. The van der Waals surface area contributed by atoms with Crippen LogP contribution < -0.4 is 10.2 Å². The van der Waals surface area contributed by atoms with Crippen molar-refractivity contribution in [3.63, 3.8) is 0 Å². The molecule has 14 heteroatoms. The Balaban J connectivity index is 0.000000505. The van der Waals surface area contributed by atoms with Gasteiger partial charge in [-0.05, 0) is 51.2 Å². The van der Waals surface area contributed by atoms with Crippen LogP contribution in [0, 0.1) is 19.8 Å². The minimum Gasteiger partial charge on any atom is -0.475 e. The highest BCUT2D eigenvalue weighted by Crippen LogP contribution is 2.29. The third-order valence-corrected chi connectivity index (χ3v) is 6.50. The van der Waals surface area contributed by atoms with Crippen LogP contribution in [0.5, 0.6) is 0 Å². The van der Waals surface area contributed by atoms with Crippen LogP contribution in [-0.2, 0) is 16.1 Å². The van der Waals surface area contributed by atoms with E-state index in [2.05, 4.69) is 26.4 Å². The standard InChI is InChI=1S/C22H27N5O3S.C2HF3O2/c1-15-21(16(2)30-26-15)19-4-3-5-20(25-19)27-10-7-17(8-11-27)6-9-23-22(28)29-12-18-13-31-14-24-18;3-2(4,5)1(6)7/h3-5,13-14,17H,6-12H2,1-2H3,(H,23,28);(H,6,7). The monoisotopic (exact) mass is 555 g/mol. The van der Waals surface area contributed by atoms with Crippen LogP contribution in [0.3, 0.4) is 0 Å². The number of hydrogen-bond acceptors (Lipinski definition) is 9. The zero-order valence-corrected chi connectivity index (χ0v) is 21.6. The Labute approximate surface area is 220 Å². The summed E-state index contributed by atoms with van der Waals surface area (Å²) in [6.07, 6.45) is -2.36. The second-order valence-electron chi connectivity index (χ2n) is 8.58. The van der Waals surface area contributed by atoms with Gasteiger partial charge in [0.2, 0.25) is 0 Å². The largest absolute Gasteiger partial charge is 0.490 e. The molecule has 38 heavy (non-hydrogen) atoms. The number of pyridine rings is 1. The van der Waals surface area contributed by atoms with Crippen molar-refractivity contribution < 1.29 is 37.1 Å². The number of nitrogens with one attached hydrogen (secondary N) is 1. The number of aliphatic carboxylic acids is 1. The van der Waals surface area contributed by atoms with Gasteiger partial charge in [-0.1, -0.05) is 11.2 Å². The number of rotatable bonds is 7. The molecule has 0 spiro atoms. The number of amides is 1. The molecule has 0 aromatic carbocycles. The molecule has 0 unspecified atom stereocenters. The fourth-order valence-corrected chi connectivity index (χ4v) is 4.46. The summed E-state index contributed by atoms with van der Waals surface area (Å²) in [7, 11) is 0. The van der Waals surface area contributed by atoms with Gasteiger partial charge < -0.3 is 24.6 Å². The number of ether oxygens (including phenoxy) is 1. The first-order valence-corrected chi connectivity index (χ1v) is 12.7. The van der Waals surface area contributed by atoms with Crippen LogP contribution in [0.1, 0.15) is 36.4 Å². The van der Waals surface area contributed by atoms with Gasteiger partial charge in [-0.3, -0.25) is 0 Å². The van der Waals surface area contributed by atoms with Gasteiger partial charge in [-0.25, -0.2) is 19.6 Å². The minimum absolute atomic E-state index is 0.216. The van der Waals surface area contributed by atoms with Crippen LogP contribution >= 0.6 is 11.3 Å². The number of carbonyl (C=O) groups excluding carboxylic acids is 1. The summed E-state index contributed by atoms with van der Waals surface area (Å²) in [6, 6.07) is 6.10. The molecule has 0 saturated carbocycles. The lowest BCUT2D eigenvalue weighted by Crippen LogP contribution is -2.35. The van der Waals surface area contributed by atoms with Crippen LogP contribution in [0.2, 0.25) is 0 Å². The smallest absolute Gasteiger partial charge is 0.475 e. The highest BCUT2D eigenvalue weighted by Gasteiger charge is 2.38. The number of hydrogen-bond donors (Lipinski definition) is 2. The van der Waals surface area contributed by atoms with E-state index in [4.69, 9.17) is 24.1 Å². The normalized spacial score (nSPS) is 14.0. The highest BCUT2D eigenvalue weighted by molar-refractivity contribution is 7.07. The molecule has 0 atom stereocenters. The molecule has 0 radical (unpaired) electrons. The van der Waals surface area contributed by atoms with E-state index in [0.717, 1.165) is 66.6 Å². The molecule has 1 aliphatic rings. The van der Waals surface area contributed by atoms with Gasteiger partial charge in [0.1, 0.15) is 18.2 Å². The maximum atomic E-state index is 11.8. The average molecular weight is 556 g/mol. The zero-order valence-electron chi connectivity index (χ0n) is 20.8. The Hall–Kier alpha value is -3.68. The molecule has 3 aromatic heterocycles. The molecule has 4 heterocycles. The summed E-state index contributed by atoms with van der Waals surface area (Å²) in [5.41, 5.74) is 5.24. The number of halogens is 3. The van der Waals surface area contributed by atoms with E-state index >= 15 is 0 Å². The van der Waals surface area contributed by atoms with Crippen molar-refractivity contribution in [2.45, 2.75) is 45.9 Å². The van der Waals surface area contributed by atoms with Crippen molar-refractivity contribution in [1.29, 1.82) is 0 Å². The number of carboxylic acids is 1. The number of aryl methyl sites for hydroxylation is 2. The summed E-state index contributed by atoms with van der Waals surface area (Å²) >= 11 is 1.49. The molecule has 0 aliphatic carbocycles. The Morgan fingerprint density at radius 3 is 2.55 bits per heavy atom. The summed E-state index contributed by atoms with van der Waals surface area (Å²) in [6.45, 7) is 6.61. The second-order valence-corrected chi connectivity index (χ2v) is 9.30. The van der Waals surface area contributed by atoms with E-state index in [9.17, 15) is 18.0 Å². The van der Waals surface area contributed by atoms with Crippen molar-refractivity contribution in [2.75, 3.05) is 24.5 Å². The Bertz CT molecular complexity index is 1180. The predicted octanol–water partition coefficient (Wildman–Crippen LogP) is 4.98. The van der Waals surface area contributed by atoms with Gasteiger partial charge >= 0.3 is 18.2 Å². The van der Waals surface area contributed by atoms with Gasteiger partial charge in [0.05, 0.1) is 28.2 Å². The first kappa shape index (κ1) is 28.9. The van der Waals surface area contributed by atoms with Crippen molar-refractivity contribution in [3.05, 3.63) is 46.2 Å². The van der Waals surface area contributed by atoms with Crippen LogP contribution in [0.15, 0.2) is 33.6 Å². The van der Waals surface area contributed by atoms with Gasteiger partial charge in [0.15, 0.2) is 0 Å². The van der Waals surface area contributed by atoms with Gasteiger partial charge in [-0.2, -0.15) is 13.2 Å². The highest BCUT2D eigenvalue weighted by atomic mass is 32.1. The molecule has 206 valence electrons. The van der Waals surface area contributed by atoms with Crippen molar-refractivity contribution in [1.82, 2.24) is 20.4 Å². The number of piperidine rings is 1. The van der Waals surface area contributed by atoms with Crippen LogP contribution in [-0.4, -0.2) is 58.1 Å². The SMILES string of the molecule is Cc1noc(C)c1-c1cccc(N2CCC(CCNC(=O)OCc3cscn3)CC2)n1.O=C(O)C(F)(F)F. The van der Waals surface area contributed by atoms with E-state index in [1.54, 1.807) is 5.51 Å². The van der Waals surface area contributed by atoms with Crippen molar-refractivity contribution >= 4 is 29.2 Å². The van der Waals surface area contributed by atoms with E-state index < -0.39 is 12.1 Å². The fourth-order valence-electron chi connectivity index (χ4n) is 3.92. The third-order valence-electron chi connectivity index (χ3n) is 5.86. The number of alkyl halides is 3. The van der Waals surface area contributed by atoms with E-state index in [1.807, 2.05) is 31.4 Å². The van der Waals surface area contributed by atoms with E-state index in [0.29, 0.717) is 12.5 Å². The number of anilines is 1. The molecule has 1 fully saturated rings. The number of carbonyl (C=O) groups is 2. The van der Waals surface area contributed by atoms with Crippen LogP contribution in [0.4, 0.5) is 23.8 Å². The molecule has 1 aliphatic heterocycles. The van der Waals surface area contributed by atoms with E-state index in [1.165, 1.54) is 11.3 Å². The van der Waals surface area contributed by atoms with Gasteiger partial charge in [0.25, 0.3) is 0 Å². The zero-order chi connectivity index (χ0) is 27.7. The molecule has 3 aromatic rings. The first-order chi connectivity index (χ1) is 18.0. The van der Waals surface area contributed by atoms with Crippen LogP contribution in [0.25, 0.3) is 11.3 Å². The maximum Gasteiger partial charge on any atom is 0.490 e. The molecule has 2 N–H and O–H groups in total. The molecular weight excluding hydrogens is 527 g/mol. The predicted molar refractivity (Wildman–Crippen MR) is 133 cm³/mol. The molecule has 1 saturated heterocycles. The molecule has 10 nitrogen and oxygen atoms in total. The summed E-state index contributed by atoms with van der Waals surface area (Å²) in [5, 5.41) is 15.9. The third kappa shape index (κ3) is 8.43. The topological polar surface area (TPSA) is 131 Å². The number of thiazole rings is 1. The Kier molecular flexibility index (Phi) is 10.0. The van der Waals surface area contributed by atoms with Gasteiger partial charge in [0, 0.05) is 25.0 Å². The van der Waals surface area contributed by atoms with Crippen molar-refractivity contribution in [2.24, 2.45) is 5.92 Å². The number of aromatic nitrogens is 3. The summed E-state index contributed by atoms with van der Waals surface area (Å²) in [4.78, 5) is 32.0. The molecule has 1 amide bonds. The van der Waals surface area contributed by atoms with E-state index in [-0.39, 0.29) is 12.7 Å². The summed E-state index contributed by atoms with van der Waals surface area (Å²) in [5.74, 6) is -0.397. The Morgan fingerprint density at radius 2 is 1.97 bits per heavy atom. The fraction of sp³-hybridized carbons (Fsp3) is 0.458. The maximum absolute atomic E-state index is 11.8. The lowest BCUT2D eigenvalue weighted by Gasteiger charge is -2.33. The van der Waals surface area contributed by atoms with Crippen molar-refractivity contribution in [3.8, 4) is 11.3 Å². The van der Waals surface area contributed by atoms with Gasteiger partial charge in [-0.15, -0.1) is 11.3 Å². The average Bonchev–Trinajstić information content (AvgIpc) is 3.52. The minimum atomic E-state index is -5.08. The Morgan fingerprint density at radius 1 is 1.26 bits per heavy atom. The quantitative estimate of drug-likeness (QED) is 0.415.